The summed E-state index contributed by atoms with van der Waals surface area (Å²) < 4.78 is 5.20. The van der Waals surface area contributed by atoms with Crippen LogP contribution < -0.4 is 5.32 Å². The molecule has 0 heterocycles. The number of likely N-dealkylation sites (N-methyl/N-ethyl adjacent to an activating group) is 1. The zero-order chi connectivity index (χ0) is 14.3. The molecule has 0 radical (unpaired) electrons. The summed E-state index contributed by atoms with van der Waals surface area (Å²) in [4.78, 5) is 0. The van der Waals surface area contributed by atoms with Gasteiger partial charge in [-0.15, -0.1) is 0 Å². The van der Waals surface area contributed by atoms with Crippen molar-refractivity contribution in [2.75, 3.05) is 20.3 Å². The van der Waals surface area contributed by atoms with Crippen LogP contribution in [0, 0.1) is 5.92 Å². The fraction of sp³-hybridized carbons (Fsp3) is 0.600. The molecule has 1 aromatic carbocycles. The van der Waals surface area contributed by atoms with Gasteiger partial charge in [0.1, 0.15) is 0 Å². The lowest BCUT2D eigenvalue weighted by atomic mass is 9.96. The lowest BCUT2D eigenvalue weighted by Crippen LogP contribution is -2.33. The van der Waals surface area contributed by atoms with Crippen molar-refractivity contribution < 1.29 is 4.74 Å². The minimum Gasteiger partial charge on any atom is -0.384 e. The predicted molar refractivity (Wildman–Crippen MR) is 83.3 cm³/mol. The first-order valence-electron chi connectivity index (χ1n) is 6.73. The van der Waals surface area contributed by atoms with E-state index in [9.17, 15) is 0 Å². The van der Waals surface area contributed by atoms with Crippen LogP contribution in [-0.2, 0) is 11.2 Å². The number of rotatable bonds is 8. The van der Waals surface area contributed by atoms with Crippen molar-refractivity contribution in [1.82, 2.24) is 5.32 Å². The first-order valence-corrected chi connectivity index (χ1v) is 7.48. The van der Waals surface area contributed by atoms with Gasteiger partial charge in [0.2, 0.25) is 0 Å². The molecule has 0 aliphatic rings. The fourth-order valence-electron chi connectivity index (χ4n) is 2.33. The van der Waals surface area contributed by atoms with Crippen LogP contribution in [0.2, 0.25) is 10.0 Å². The average Bonchev–Trinajstić information content (AvgIpc) is 2.34. The summed E-state index contributed by atoms with van der Waals surface area (Å²) in [7, 11) is 1.74. The van der Waals surface area contributed by atoms with E-state index >= 15 is 0 Å². The van der Waals surface area contributed by atoms with Crippen LogP contribution in [0.4, 0.5) is 0 Å². The van der Waals surface area contributed by atoms with E-state index in [-0.39, 0.29) is 0 Å². The minimum atomic E-state index is 0.395. The molecule has 0 fully saturated rings. The van der Waals surface area contributed by atoms with Crippen LogP contribution in [0.1, 0.15) is 25.8 Å². The zero-order valence-electron chi connectivity index (χ0n) is 11.9. The van der Waals surface area contributed by atoms with E-state index in [4.69, 9.17) is 27.9 Å². The second-order valence-electron chi connectivity index (χ2n) is 4.99. The van der Waals surface area contributed by atoms with Gasteiger partial charge in [-0.05, 0) is 49.1 Å². The Morgan fingerprint density at radius 3 is 2.68 bits per heavy atom. The van der Waals surface area contributed by atoms with Crippen LogP contribution in [-0.4, -0.2) is 26.3 Å². The molecule has 0 aliphatic carbocycles. The summed E-state index contributed by atoms with van der Waals surface area (Å²) in [5, 5.41) is 5.03. The van der Waals surface area contributed by atoms with Crippen molar-refractivity contribution in [3.63, 3.8) is 0 Å². The summed E-state index contributed by atoms with van der Waals surface area (Å²) in [6.07, 6.45) is 1.95. The molecule has 2 nitrogen and oxygen atoms in total. The summed E-state index contributed by atoms with van der Waals surface area (Å²) in [6.45, 7) is 6.05. The highest BCUT2D eigenvalue weighted by Gasteiger charge is 2.14. The molecular weight excluding hydrogens is 281 g/mol. The second kappa shape index (κ2) is 8.80. The highest BCUT2D eigenvalue weighted by molar-refractivity contribution is 6.33. The monoisotopic (exact) mass is 303 g/mol. The van der Waals surface area contributed by atoms with Crippen LogP contribution in [0.25, 0.3) is 0 Å². The Bertz CT molecular complexity index is 384. The summed E-state index contributed by atoms with van der Waals surface area (Å²) in [5.41, 5.74) is 1.10. The molecule has 0 amide bonds. The molecule has 0 bridgehead atoms. The van der Waals surface area contributed by atoms with Gasteiger partial charge in [0, 0.05) is 29.8 Å². The van der Waals surface area contributed by atoms with E-state index < -0.39 is 0 Å². The minimum absolute atomic E-state index is 0.395. The third kappa shape index (κ3) is 6.13. The molecule has 1 rings (SSSR count). The molecule has 1 N–H and O–H groups in total. The van der Waals surface area contributed by atoms with Gasteiger partial charge in [0.25, 0.3) is 0 Å². The molecule has 2 unspecified atom stereocenters. The molecule has 0 saturated carbocycles. The van der Waals surface area contributed by atoms with E-state index in [0.717, 1.165) is 41.6 Å². The summed E-state index contributed by atoms with van der Waals surface area (Å²) in [6, 6.07) is 6.03. The molecule has 4 heteroatoms. The Balaban J connectivity index is 2.69. The third-order valence-electron chi connectivity index (χ3n) is 3.10. The van der Waals surface area contributed by atoms with E-state index in [0.29, 0.717) is 12.0 Å². The molecule has 0 spiro atoms. The average molecular weight is 304 g/mol. The molecule has 108 valence electrons. The van der Waals surface area contributed by atoms with Crippen molar-refractivity contribution >= 4 is 23.2 Å². The van der Waals surface area contributed by atoms with E-state index in [1.807, 2.05) is 18.2 Å². The molecule has 0 aliphatic heterocycles. The largest absolute Gasteiger partial charge is 0.384 e. The summed E-state index contributed by atoms with van der Waals surface area (Å²) in [5.74, 6) is 0.520. The SMILES string of the molecule is CCNC(Cc1cc(Cl)ccc1Cl)CC(C)COC. The number of benzene rings is 1. The number of nitrogens with one attached hydrogen (secondary N) is 1. The van der Waals surface area contributed by atoms with Gasteiger partial charge in [-0.25, -0.2) is 0 Å². The van der Waals surface area contributed by atoms with Crippen molar-refractivity contribution in [3.8, 4) is 0 Å². The van der Waals surface area contributed by atoms with Gasteiger partial charge in [-0.3, -0.25) is 0 Å². The molecule has 1 aromatic rings. The van der Waals surface area contributed by atoms with Crippen molar-refractivity contribution in [2.45, 2.75) is 32.7 Å². The van der Waals surface area contributed by atoms with Gasteiger partial charge < -0.3 is 10.1 Å². The number of ether oxygens (including phenoxy) is 1. The van der Waals surface area contributed by atoms with Crippen molar-refractivity contribution in [2.24, 2.45) is 5.92 Å². The van der Waals surface area contributed by atoms with Crippen LogP contribution in [0.5, 0.6) is 0 Å². The normalized spacial score (nSPS) is 14.4. The first-order chi connectivity index (χ1) is 9.06. The molecule has 0 aromatic heterocycles. The molecular formula is C15H23Cl2NO. The van der Waals surface area contributed by atoms with Crippen LogP contribution in [0.15, 0.2) is 18.2 Å². The van der Waals surface area contributed by atoms with E-state index in [2.05, 4.69) is 19.2 Å². The van der Waals surface area contributed by atoms with Gasteiger partial charge in [-0.2, -0.15) is 0 Å². The standard InChI is InChI=1S/C15H23Cl2NO/c1-4-18-14(7-11(2)10-19-3)9-12-8-13(16)5-6-15(12)17/h5-6,8,11,14,18H,4,7,9-10H2,1-3H3. The Hall–Kier alpha value is -0.280. The van der Waals surface area contributed by atoms with Gasteiger partial charge in [0.15, 0.2) is 0 Å². The number of hydrogen-bond acceptors (Lipinski definition) is 2. The third-order valence-corrected chi connectivity index (χ3v) is 3.71. The second-order valence-corrected chi connectivity index (χ2v) is 5.83. The highest BCUT2D eigenvalue weighted by Crippen LogP contribution is 2.23. The van der Waals surface area contributed by atoms with Gasteiger partial charge in [-0.1, -0.05) is 37.0 Å². The maximum Gasteiger partial charge on any atom is 0.0488 e. The Kier molecular flexibility index (Phi) is 7.77. The summed E-state index contributed by atoms with van der Waals surface area (Å²) >= 11 is 12.3. The smallest absolute Gasteiger partial charge is 0.0488 e. The maximum absolute atomic E-state index is 6.23. The number of hydrogen-bond donors (Lipinski definition) is 1. The lowest BCUT2D eigenvalue weighted by molar-refractivity contribution is 0.149. The zero-order valence-corrected chi connectivity index (χ0v) is 13.4. The molecule has 0 saturated heterocycles. The van der Waals surface area contributed by atoms with E-state index in [1.165, 1.54) is 0 Å². The van der Waals surface area contributed by atoms with Crippen LogP contribution >= 0.6 is 23.2 Å². The lowest BCUT2D eigenvalue weighted by Gasteiger charge is -2.22. The van der Waals surface area contributed by atoms with Gasteiger partial charge >= 0.3 is 0 Å². The quantitative estimate of drug-likeness (QED) is 0.777. The van der Waals surface area contributed by atoms with Crippen molar-refractivity contribution in [1.29, 1.82) is 0 Å². The molecule has 2 atom stereocenters. The maximum atomic E-state index is 6.23. The first kappa shape index (κ1) is 16.8. The predicted octanol–water partition coefficient (Wildman–Crippen LogP) is 4.19. The van der Waals surface area contributed by atoms with E-state index in [1.54, 1.807) is 7.11 Å². The highest BCUT2D eigenvalue weighted by atomic mass is 35.5. The number of halogens is 2. The Morgan fingerprint density at radius 2 is 2.05 bits per heavy atom. The van der Waals surface area contributed by atoms with Crippen molar-refractivity contribution in [3.05, 3.63) is 33.8 Å². The Labute approximate surface area is 126 Å². The van der Waals surface area contributed by atoms with Gasteiger partial charge in [0.05, 0.1) is 0 Å². The number of methoxy groups -OCH3 is 1. The molecule has 19 heavy (non-hydrogen) atoms. The topological polar surface area (TPSA) is 21.3 Å². The van der Waals surface area contributed by atoms with Crippen LogP contribution in [0.3, 0.4) is 0 Å². The fourth-order valence-corrected chi connectivity index (χ4v) is 2.72. The Morgan fingerprint density at radius 1 is 1.32 bits per heavy atom.